The fourth-order valence-corrected chi connectivity index (χ4v) is 2.96. The quantitative estimate of drug-likeness (QED) is 0.797. The Bertz CT molecular complexity index is 992. The Hall–Kier alpha value is -2.95. The molecule has 1 amide bonds. The molecule has 1 aromatic heterocycles. The second-order valence-corrected chi connectivity index (χ2v) is 6.34. The molecule has 1 unspecified atom stereocenters. The molecule has 3 rings (SSSR count). The van der Waals surface area contributed by atoms with Gasteiger partial charge in [0.1, 0.15) is 6.54 Å². The van der Waals surface area contributed by atoms with E-state index in [9.17, 15) is 9.59 Å². The van der Waals surface area contributed by atoms with Crippen LogP contribution in [0.5, 0.6) is 0 Å². The third-order valence-corrected chi connectivity index (χ3v) is 4.32. The molecular formula is C20H21N3O2. The van der Waals surface area contributed by atoms with Gasteiger partial charge in [0.15, 0.2) is 0 Å². The van der Waals surface area contributed by atoms with Crippen molar-refractivity contribution in [2.24, 2.45) is 0 Å². The van der Waals surface area contributed by atoms with Crippen molar-refractivity contribution < 1.29 is 4.79 Å². The molecule has 0 aliphatic carbocycles. The Morgan fingerprint density at radius 3 is 2.76 bits per heavy atom. The lowest BCUT2D eigenvalue weighted by molar-refractivity contribution is -0.122. The largest absolute Gasteiger partial charge is 0.348 e. The third kappa shape index (κ3) is 3.60. The number of aryl methyl sites for hydroxylation is 2. The average Bonchev–Trinajstić information content (AvgIpc) is 2.59. The van der Waals surface area contributed by atoms with Crippen LogP contribution in [-0.4, -0.2) is 15.5 Å². The number of fused-ring (bicyclic) bond motifs is 1. The molecule has 1 heterocycles. The smallest absolute Gasteiger partial charge is 0.261 e. The van der Waals surface area contributed by atoms with Gasteiger partial charge in [0.2, 0.25) is 5.91 Å². The average molecular weight is 335 g/mol. The third-order valence-electron chi connectivity index (χ3n) is 4.32. The number of para-hydroxylation sites is 1. The highest BCUT2D eigenvalue weighted by atomic mass is 16.2. The number of nitrogens with one attached hydrogen (secondary N) is 1. The molecule has 2 aromatic carbocycles. The van der Waals surface area contributed by atoms with Gasteiger partial charge in [-0.1, -0.05) is 35.9 Å². The summed E-state index contributed by atoms with van der Waals surface area (Å²) in [6.45, 7) is 5.94. The Balaban J connectivity index is 1.78. The van der Waals surface area contributed by atoms with Gasteiger partial charge >= 0.3 is 0 Å². The summed E-state index contributed by atoms with van der Waals surface area (Å²) in [5.74, 6) is -0.215. The Morgan fingerprint density at radius 1 is 1.20 bits per heavy atom. The zero-order chi connectivity index (χ0) is 18.0. The highest BCUT2D eigenvalue weighted by molar-refractivity contribution is 5.79. The molecule has 0 saturated carbocycles. The van der Waals surface area contributed by atoms with Gasteiger partial charge in [0.25, 0.3) is 5.56 Å². The van der Waals surface area contributed by atoms with E-state index in [0.29, 0.717) is 10.9 Å². The van der Waals surface area contributed by atoms with Crippen molar-refractivity contribution >= 4 is 16.8 Å². The van der Waals surface area contributed by atoms with Gasteiger partial charge in [-0.25, -0.2) is 4.98 Å². The van der Waals surface area contributed by atoms with Gasteiger partial charge in [-0.3, -0.25) is 14.2 Å². The van der Waals surface area contributed by atoms with Gasteiger partial charge in [-0.15, -0.1) is 0 Å². The molecule has 1 atom stereocenters. The molecule has 0 spiro atoms. The van der Waals surface area contributed by atoms with Crippen LogP contribution >= 0.6 is 0 Å². The maximum absolute atomic E-state index is 12.5. The first-order valence-electron chi connectivity index (χ1n) is 8.26. The first-order chi connectivity index (χ1) is 12.0. The SMILES string of the molecule is Cc1ccc(C)c(C(C)NC(=O)Cn2cnc3ccccc3c2=O)c1. The lowest BCUT2D eigenvalue weighted by atomic mass is 10.00. The van der Waals surface area contributed by atoms with Gasteiger partial charge in [-0.05, 0) is 44.0 Å². The number of benzene rings is 2. The minimum absolute atomic E-state index is 0.0497. The van der Waals surface area contributed by atoms with E-state index in [1.807, 2.05) is 39.0 Å². The number of hydrogen-bond acceptors (Lipinski definition) is 3. The number of amides is 1. The van der Waals surface area contributed by atoms with Crippen molar-refractivity contribution in [3.8, 4) is 0 Å². The molecule has 0 aliphatic heterocycles. The highest BCUT2D eigenvalue weighted by Gasteiger charge is 2.13. The molecule has 1 N–H and O–H groups in total. The van der Waals surface area contributed by atoms with Crippen LogP contribution in [0.1, 0.15) is 29.7 Å². The Labute approximate surface area is 146 Å². The molecule has 0 bridgehead atoms. The summed E-state index contributed by atoms with van der Waals surface area (Å²) in [5, 5.41) is 3.48. The molecule has 128 valence electrons. The first-order valence-corrected chi connectivity index (χ1v) is 8.26. The van der Waals surface area contributed by atoms with Crippen molar-refractivity contribution in [1.29, 1.82) is 0 Å². The number of carbonyl (C=O) groups excluding carboxylic acids is 1. The molecule has 5 nitrogen and oxygen atoms in total. The van der Waals surface area contributed by atoms with Crippen LogP contribution in [0.25, 0.3) is 10.9 Å². The topological polar surface area (TPSA) is 64.0 Å². The van der Waals surface area contributed by atoms with E-state index >= 15 is 0 Å². The van der Waals surface area contributed by atoms with E-state index in [4.69, 9.17) is 0 Å². The summed E-state index contributed by atoms with van der Waals surface area (Å²) >= 11 is 0. The maximum Gasteiger partial charge on any atom is 0.261 e. The summed E-state index contributed by atoms with van der Waals surface area (Å²) in [6, 6.07) is 13.2. The van der Waals surface area contributed by atoms with Crippen LogP contribution in [-0.2, 0) is 11.3 Å². The fourth-order valence-electron chi connectivity index (χ4n) is 2.96. The summed E-state index contributed by atoms with van der Waals surface area (Å²) in [4.78, 5) is 29.1. The van der Waals surface area contributed by atoms with Gasteiger partial charge in [-0.2, -0.15) is 0 Å². The molecular weight excluding hydrogens is 314 g/mol. The van der Waals surface area contributed by atoms with Crippen LogP contribution in [0.15, 0.2) is 53.6 Å². The number of nitrogens with zero attached hydrogens (tertiary/aromatic N) is 2. The fraction of sp³-hybridized carbons (Fsp3) is 0.250. The maximum atomic E-state index is 12.5. The minimum atomic E-state index is -0.215. The highest BCUT2D eigenvalue weighted by Crippen LogP contribution is 2.18. The van der Waals surface area contributed by atoms with Crippen molar-refractivity contribution in [2.75, 3.05) is 0 Å². The predicted molar refractivity (Wildman–Crippen MR) is 98.5 cm³/mol. The lowest BCUT2D eigenvalue weighted by Gasteiger charge is -2.17. The minimum Gasteiger partial charge on any atom is -0.348 e. The van der Waals surface area contributed by atoms with E-state index in [1.54, 1.807) is 18.2 Å². The van der Waals surface area contributed by atoms with Gasteiger partial charge in [0.05, 0.1) is 23.3 Å². The van der Waals surface area contributed by atoms with Crippen molar-refractivity contribution in [3.63, 3.8) is 0 Å². The monoisotopic (exact) mass is 335 g/mol. The van der Waals surface area contributed by atoms with Crippen LogP contribution in [0.2, 0.25) is 0 Å². The van der Waals surface area contributed by atoms with Crippen LogP contribution in [0, 0.1) is 13.8 Å². The van der Waals surface area contributed by atoms with E-state index in [1.165, 1.54) is 10.9 Å². The molecule has 5 heteroatoms. The van der Waals surface area contributed by atoms with Crippen LogP contribution in [0.4, 0.5) is 0 Å². The zero-order valence-electron chi connectivity index (χ0n) is 14.6. The first kappa shape index (κ1) is 16.9. The second-order valence-electron chi connectivity index (χ2n) is 6.34. The molecule has 3 aromatic rings. The number of hydrogen-bond donors (Lipinski definition) is 1. The van der Waals surface area contributed by atoms with Crippen molar-refractivity contribution in [1.82, 2.24) is 14.9 Å². The van der Waals surface area contributed by atoms with E-state index < -0.39 is 0 Å². The lowest BCUT2D eigenvalue weighted by Crippen LogP contribution is -2.34. The summed E-state index contributed by atoms with van der Waals surface area (Å²) < 4.78 is 1.34. The molecule has 25 heavy (non-hydrogen) atoms. The van der Waals surface area contributed by atoms with Crippen molar-refractivity contribution in [3.05, 3.63) is 75.8 Å². The molecule has 0 fully saturated rings. The van der Waals surface area contributed by atoms with E-state index in [0.717, 1.165) is 16.7 Å². The number of rotatable bonds is 4. The second kappa shape index (κ2) is 6.89. The molecule has 0 saturated heterocycles. The Kier molecular flexibility index (Phi) is 4.65. The summed E-state index contributed by atoms with van der Waals surface area (Å²) in [7, 11) is 0. The summed E-state index contributed by atoms with van der Waals surface area (Å²) in [5.41, 5.74) is 3.78. The van der Waals surface area contributed by atoms with E-state index in [2.05, 4.69) is 16.4 Å². The normalized spacial score (nSPS) is 12.1. The number of aromatic nitrogens is 2. The molecule has 0 radical (unpaired) electrons. The standard InChI is InChI=1S/C20H21N3O2/c1-13-8-9-14(2)17(10-13)15(3)22-19(24)11-23-12-21-18-7-5-4-6-16(18)20(23)25/h4-10,12,15H,11H2,1-3H3,(H,22,24). The van der Waals surface area contributed by atoms with Gasteiger partial charge in [0, 0.05) is 0 Å². The summed E-state index contributed by atoms with van der Waals surface area (Å²) in [6.07, 6.45) is 1.42. The van der Waals surface area contributed by atoms with Crippen LogP contribution < -0.4 is 10.9 Å². The van der Waals surface area contributed by atoms with Crippen molar-refractivity contribution in [2.45, 2.75) is 33.4 Å². The zero-order valence-corrected chi connectivity index (χ0v) is 14.6. The number of carbonyl (C=O) groups is 1. The predicted octanol–water partition coefficient (Wildman–Crippen LogP) is 2.89. The Morgan fingerprint density at radius 2 is 1.96 bits per heavy atom. The van der Waals surface area contributed by atoms with E-state index in [-0.39, 0.29) is 24.1 Å². The van der Waals surface area contributed by atoms with Gasteiger partial charge < -0.3 is 5.32 Å². The molecule has 0 aliphatic rings. The van der Waals surface area contributed by atoms with Crippen LogP contribution in [0.3, 0.4) is 0 Å².